The summed E-state index contributed by atoms with van der Waals surface area (Å²) in [6.45, 7) is 3.91. The fourth-order valence-corrected chi connectivity index (χ4v) is 1.95. The molecule has 0 amide bonds. The molecular weight excluding hydrogens is 244 g/mol. The first-order valence-corrected chi connectivity index (χ1v) is 6.32. The normalized spacial score (nSPS) is 15.7. The third-order valence-electron chi connectivity index (χ3n) is 2.93. The molecule has 0 aliphatic carbocycles. The highest BCUT2D eigenvalue weighted by Gasteiger charge is 2.10. The predicted octanol–water partition coefficient (Wildman–Crippen LogP) is 1.58. The Kier molecular flexibility index (Phi) is 4.80. The van der Waals surface area contributed by atoms with E-state index in [1.165, 1.54) is 5.69 Å². The molecule has 1 aromatic rings. The zero-order valence-corrected chi connectivity index (χ0v) is 10.7. The molecule has 0 spiro atoms. The van der Waals surface area contributed by atoms with Crippen molar-refractivity contribution in [2.24, 2.45) is 0 Å². The van der Waals surface area contributed by atoms with Crippen LogP contribution in [0.25, 0.3) is 0 Å². The van der Waals surface area contributed by atoms with Crippen molar-refractivity contribution in [2.45, 2.75) is 0 Å². The lowest BCUT2D eigenvalue weighted by atomic mass is 10.2. The van der Waals surface area contributed by atoms with Gasteiger partial charge in [-0.15, -0.1) is 0 Å². The van der Waals surface area contributed by atoms with Crippen LogP contribution in [0.15, 0.2) is 36.4 Å². The van der Waals surface area contributed by atoms with Crippen molar-refractivity contribution >= 4 is 17.3 Å². The van der Waals surface area contributed by atoms with Gasteiger partial charge < -0.3 is 20.1 Å². The van der Waals surface area contributed by atoms with E-state index in [0.29, 0.717) is 6.54 Å². The molecule has 0 aromatic heterocycles. The summed E-state index contributed by atoms with van der Waals surface area (Å²) in [5.41, 5.74) is 2.17. The number of morpholine rings is 1. The van der Waals surface area contributed by atoms with E-state index in [0.717, 1.165) is 38.1 Å². The van der Waals surface area contributed by atoms with E-state index in [1.54, 1.807) is 6.08 Å². The molecular formula is C14H18N2O3. The predicted molar refractivity (Wildman–Crippen MR) is 74.7 cm³/mol. The van der Waals surface area contributed by atoms with E-state index < -0.39 is 5.97 Å². The van der Waals surface area contributed by atoms with Crippen molar-refractivity contribution in [1.82, 2.24) is 0 Å². The Bertz CT molecular complexity index is 437. The summed E-state index contributed by atoms with van der Waals surface area (Å²) in [7, 11) is 0. The van der Waals surface area contributed by atoms with Crippen LogP contribution in [-0.2, 0) is 9.53 Å². The molecule has 0 radical (unpaired) electrons. The van der Waals surface area contributed by atoms with Gasteiger partial charge in [0.15, 0.2) is 0 Å². The van der Waals surface area contributed by atoms with E-state index in [2.05, 4.69) is 22.3 Å². The summed E-state index contributed by atoms with van der Waals surface area (Å²) < 4.78 is 5.32. The van der Waals surface area contributed by atoms with E-state index in [1.807, 2.05) is 12.1 Å². The van der Waals surface area contributed by atoms with Crippen molar-refractivity contribution in [3.8, 4) is 0 Å². The molecule has 2 rings (SSSR count). The van der Waals surface area contributed by atoms with Gasteiger partial charge >= 0.3 is 5.97 Å². The molecule has 1 fully saturated rings. The van der Waals surface area contributed by atoms with Crippen molar-refractivity contribution in [3.05, 3.63) is 36.4 Å². The van der Waals surface area contributed by atoms with Crippen LogP contribution >= 0.6 is 0 Å². The summed E-state index contributed by atoms with van der Waals surface area (Å²) in [5, 5.41) is 11.6. The minimum absolute atomic E-state index is 0.503. The maximum Gasteiger partial charge on any atom is 0.328 e. The minimum atomic E-state index is -0.926. The highest BCUT2D eigenvalue weighted by atomic mass is 16.5. The first-order chi connectivity index (χ1) is 9.25. The van der Waals surface area contributed by atoms with Crippen LogP contribution in [0.3, 0.4) is 0 Å². The summed E-state index contributed by atoms with van der Waals surface area (Å²) in [6.07, 6.45) is 2.72. The molecule has 1 aromatic carbocycles. The van der Waals surface area contributed by atoms with Crippen LogP contribution in [0.2, 0.25) is 0 Å². The number of carbonyl (C=O) groups is 1. The van der Waals surface area contributed by atoms with Crippen molar-refractivity contribution in [2.75, 3.05) is 43.1 Å². The summed E-state index contributed by atoms with van der Waals surface area (Å²) >= 11 is 0. The zero-order chi connectivity index (χ0) is 13.5. The Hall–Kier alpha value is -2.01. The smallest absolute Gasteiger partial charge is 0.328 e. The van der Waals surface area contributed by atoms with Crippen LogP contribution in [0, 0.1) is 0 Å². The number of carboxylic acids is 1. The number of ether oxygens (including phenoxy) is 1. The number of hydrogen-bond donors (Lipinski definition) is 2. The molecule has 19 heavy (non-hydrogen) atoms. The molecule has 1 aliphatic rings. The monoisotopic (exact) mass is 262 g/mol. The number of benzene rings is 1. The van der Waals surface area contributed by atoms with Gasteiger partial charge in [0.1, 0.15) is 0 Å². The number of hydrogen-bond acceptors (Lipinski definition) is 4. The zero-order valence-electron chi connectivity index (χ0n) is 10.7. The van der Waals surface area contributed by atoms with Gasteiger partial charge in [-0.05, 0) is 24.3 Å². The SMILES string of the molecule is O=C(O)/C=C/CNc1ccc(N2CCOCC2)cc1. The lowest BCUT2D eigenvalue weighted by Gasteiger charge is -2.28. The summed E-state index contributed by atoms with van der Waals surface area (Å²) in [5.74, 6) is -0.926. The fourth-order valence-electron chi connectivity index (χ4n) is 1.95. The van der Waals surface area contributed by atoms with Gasteiger partial charge in [-0.2, -0.15) is 0 Å². The van der Waals surface area contributed by atoms with Gasteiger partial charge in [0, 0.05) is 37.1 Å². The first kappa shape index (κ1) is 13.4. The quantitative estimate of drug-likeness (QED) is 0.789. The topological polar surface area (TPSA) is 61.8 Å². The van der Waals surface area contributed by atoms with Crippen LogP contribution in [0.1, 0.15) is 0 Å². The molecule has 5 nitrogen and oxygen atoms in total. The molecule has 0 saturated carbocycles. The second kappa shape index (κ2) is 6.80. The number of rotatable bonds is 5. The Balaban J connectivity index is 1.85. The summed E-state index contributed by atoms with van der Waals surface area (Å²) in [6, 6.07) is 8.13. The van der Waals surface area contributed by atoms with E-state index in [9.17, 15) is 4.79 Å². The van der Waals surface area contributed by atoms with Crippen LogP contribution in [0.4, 0.5) is 11.4 Å². The lowest BCUT2D eigenvalue weighted by Crippen LogP contribution is -2.36. The van der Waals surface area contributed by atoms with Gasteiger partial charge in [0.05, 0.1) is 13.2 Å². The lowest BCUT2D eigenvalue weighted by molar-refractivity contribution is -0.131. The van der Waals surface area contributed by atoms with Gasteiger partial charge in [0.25, 0.3) is 0 Å². The van der Waals surface area contributed by atoms with Gasteiger partial charge in [-0.1, -0.05) is 6.08 Å². The highest BCUT2D eigenvalue weighted by Crippen LogP contribution is 2.18. The average Bonchev–Trinajstić information content (AvgIpc) is 2.45. The van der Waals surface area contributed by atoms with Gasteiger partial charge in [0.2, 0.25) is 0 Å². The van der Waals surface area contributed by atoms with Crippen LogP contribution in [-0.4, -0.2) is 43.9 Å². The Labute approximate surface area is 112 Å². The Morgan fingerprint density at radius 1 is 1.32 bits per heavy atom. The molecule has 0 atom stereocenters. The largest absolute Gasteiger partial charge is 0.478 e. The van der Waals surface area contributed by atoms with E-state index >= 15 is 0 Å². The minimum Gasteiger partial charge on any atom is -0.478 e. The number of nitrogens with zero attached hydrogens (tertiary/aromatic N) is 1. The van der Waals surface area contributed by atoms with Crippen LogP contribution < -0.4 is 10.2 Å². The van der Waals surface area contributed by atoms with E-state index in [4.69, 9.17) is 9.84 Å². The molecule has 1 heterocycles. The second-order valence-electron chi connectivity index (χ2n) is 4.27. The molecule has 102 valence electrons. The van der Waals surface area contributed by atoms with Crippen molar-refractivity contribution in [1.29, 1.82) is 0 Å². The molecule has 5 heteroatoms. The average molecular weight is 262 g/mol. The first-order valence-electron chi connectivity index (χ1n) is 6.32. The van der Waals surface area contributed by atoms with Crippen LogP contribution in [0.5, 0.6) is 0 Å². The third-order valence-corrected chi connectivity index (χ3v) is 2.93. The Morgan fingerprint density at radius 3 is 2.63 bits per heavy atom. The number of aliphatic carboxylic acids is 1. The molecule has 0 bridgehead atoms. The van der Waals surface area contributed by atoms with Crippen molar-refractivity contribution in [3.63, 3.8) is 0 Å². The highest BCUT2D eigenvalue weighted by molar-refractivity contribution is 5.79. The van der Waals surface area contributed by atoms with Crippen molar-refractivity contribution < 1.29 is 14.6 Å². The van der Waals surface area contributed by atoms with Gasteiger partial charge in [-0.3, -0.25) is 0 Å². The molecule has 2 N–H and O–H groups in total. The maximum atomic E-state index is 10.3. The number of nitrogens with one attached hydrogen (secondary N) is 1. The maximum absolute atomic E-state index is 10.3. The Morgan fingerprint density at radius 2 is 2.00 bits per heavy atom. The number of anilines is 2. The van der Waals surface area contributed by atoms with E-state index in [-0.39, 0.29) is 0 Å². The fraction of sp³-hybridized carbons (Fsp3) is 0.357. The molecule has 1 saturated heterocycles. The second-order valence-corrected chi connectivity index (χ2v) is 4.27. The summed E-state index contributed by atoms with van der Waals surface area (Å²) in [4.78, 5) is 12.6. The number of carboxylic acid groups (broad SMARTS) is 1. The molecule has 1 aliphatic heterocycles. The third kappa shape index (κ3) is 4.30. The molecule has 0 unspecified atom stereocenters. The van der Waals surface area contributed by atoms with Gasteiger partial charge in [-0.25, -0.2) is 4.79 Å². The standard InChI is InChI=1S/C14H18N2O3/c17-14(18)2-1-7-15-12-3-5-13(6-4-12)16-8-10-19-11-9-16/h1-6,15H,7-11H2,(H,17,18)/b2-1+.